The predicted molar refractivity (Wildman–Crippen MR) is 50.9 cm³/mol. The average Bonchev–Trinajstić information content (AvgIpc) is 2.17. The molecule has 0 atom stereocenters. The lowest BCUT2D eigenvalue weighted by atomic mass is 10.1. The summed E-state index contributed by atoms with van der Waals surface area (Å²) in [5.74, 6) is 0. The van der Waals surface area contributed by atoms with Crippen LogP contribution in [0.5, 0.6) is 0 Å². The van der Waals surface area contributed by atoms with Crippen LogP contribution in [0, 0.1) is 11.3 Å². The summed E-state index contributed by atoms with van der Waals surface area (Å²) in [4.78, 5) is 0. The Morgan fingerprint density at radius 3 is 2.47 bits per heavy atom. The van der Waals surface area contributed by atoms with Gasteiger partial charge in [-0.25, -0.2) is 0 Å². The fourth-order valence-corrected chi connectivity index (χ4v) is 1.29. The lowest BCUT2D eigenvalue weighted by Gasteiger charge is -2.11. The molecule has 0 fully saturated rings. The summed E-state index contributed by atoms with van der Waals surface area (Å²) in [5.41, 5.74) is -1.03. The molecule has 78 valence electrons. The first kappa shape index (κ1) is 11.6. The summed E-state index contributed by atoms with van der Waals surface area (Å²) in [6.07, 6.45) is -3.61. The molecule has 0 saturated heterocycles. The molecule has 0 aliphatic carbocycles. The lowest BCUT2D eigenvalue weighted by Crippen LogP contribution is -2.07. The van der Waals surface area contributed by atoms with Crippen molar-refractivity contribution in [3.8, 4) is 6.07 Å². The van der Waals surface area contributed by atoms with Crippen molar-refractivity contribution in [2.45, 2.75) is 6.18 Å². The molecule has 0 bridgehead atoms. The molecule has 0 spiro atoms. The summed E-state index contributed by atoms with van der Waals surface area (Å²) in [7, 11) is 0. The van der Waals surface area contributed by atoms with Crippen LogP contribution in [0.4, 0.5) is 13.2 Å². The second kappa shape index (κ2) is 4.37. The number of allylic oxidation sites excluding steroid dienone is 1. The molecule has 0 amide bonds. The van der Waals surface area contributed by atoms with Crippen molar-refractivity contribution in [2.24, 2.45) is 0 Å². The molecule has 1 nitrogen and oxygen atoms in total. The van der Waals surface area contributed by atoms with Crippen molar-refractivity contribution in [2.75, 3.05) is 0 Å². The molecular weight excluding hydrogens is 227 g/mol. The van der Waals surface area contributed by atoms with Gasteiger partial charge in [0.25, 0.3) is 0 Å². The molecule has 5 heteroatoms. The van der Waals surface area contributed by atoms with Crippen LogP contribution in [0.2, 0.25) is 0 Å². The van der Waals surface area contributed by atoms with Crippen LogP contribution < -0.4 is 0 Å². The van der Waals surface area contributed by atoms with E-state index in [2.05, 4.69) is 0 Å². The first-order chi connectivity index (χ1) is 6.96. The third kappa shape index (κ3) is 2.74. The van der Waals surface area contributed by atoms with Gasteiger partial charge in [-0.05, 0) is 6.07 Å². The second-order valence-electron chi connectivity index (χ2n) is 2.66. The molecular formula is C10H5ClF3N. The fraction of sp³-hybridized carbons (Fsp3) is 0.100. The number of nitriles is 1. The number of rotatable bonds is 1. The van der Waals surface area contributed by atoms with Crippen molar-refractivity contribution < 1.29 is 13.2 Å². The Morgan fingerprint density at radius 1 is 1.33 bits per heavy atom. The molecule has 0 aromatic heterocycles. The van der Waals surface area contributed by atoms with Gasteiger partial charge in [-0.2, -0.15) is 18.4 Å². The van der Waals surface area contributed by atoms with Gasteiger partial charge in [0.05, 0.1) is 16.7 Å². The molecule has 0 saturated carbocycles. The first-order valence-corrected chi connectivity index (χ1v) is 4.26. The second-order valence-corrected chi connectivity index (χ2v) is 3.07. The molecule has 1 aromatic carbocycles. The van der Waals surface area contributed by atoms with Crippen LogP contribution in [0.3, 0.4) is 0 Å². The standard InChI is InChI=1S/C10H5ClF3N/c11-9(5-6-15)7-3-1-2-4-8(7)10(12,13)14/h1-5H/b9-5-. The average molecular weight is 232 g/mol. The van der Waals surface area contributed by atoms with E-state index in [-0.39, 0.29) is 10.6 Å². The summed E-state index contributed by atoms with van der Waals surface area (Å²) >= 11 is 5.56. The number of halogens is 4. The van der Waals surface area contributed by atoms with Gasteiger partial charge in [0, 0.05) is 11.6 Å². The van der Waals surface area contributed by atoms with Gasteiger partial charge < -0.3 is 0 Å². The predicted octanol–water partition coefficient (Wildman–Crippen LogP) is 3.81. The monoisotopic (exact) mass is 231 g/mol. The summed E-state index contributed by atoms with van der Waals surface area (Å²) in [6.45, 7) is 0. The molecule has 1 aromatic rings. The Morgan fingerprint density at radius 2 is 1.93 bits per heavy atom. The topological polar surface area (TPSA) is 23.8 Å². The van der Waals surface area contributed by atoms with E-state index in [1.165, 1.54) is 18.2 Å². The Kier molecular flexibility index (Phi) is 3.38. The summed E-state index contributed by atoms with van der Waals surface area (Å²) in [6, 6.07) is 6.42. The Balaban J connectivity index is 3.32. The molecule has 0 unspecified atom stereocenters. The highest BCUT2D eigenvalue weighted by Crippen LogP contribution is 2.35. The highest BCUT2D eigenvalue weighted by molar-refractivity contribution is 6.49. The van der Waals surface area contributed by atoms with E-state index in [1.54, 1.807) is 6.07 Å². The zero-order valence-electron chi connectivity index (χ0n) is 7.35. The third-order valence-electron chi connectivity index (χ3n) is 1.68. The molecule has 0 N–H and O–H groups in total. The van der Waals surface area contributed by atoms with Gasteiger partial charge in [-0.15, -0.1) is 0 Å². The SMILES string of the molecule is N#C/C=C(\Cl)c1ccccc1C(F)(F)F. The van der Waals surface area contributed by atoms with Crippen LogP contribution in [-0.4, -0.2) is 0 Å². The third-order valence-corrected chi connectivity index (χ3v) is 1.99. The van der Waals surface area contributed by atoms with Crippen LogP contribution in [-0.2, 0) is 6.18 Å². The number of hydrogen-bond acceptors (Lipinski definition) is 1. The zero-order chi connectivity index (χ0) is 11.5. The highest BCUT2D eigenvalue weighted by atomic mass is 35.5. The van der Waals surface area contributed by atoms with Gasteiger partial charge in [-0.1, -0.05) is 29.8 Å². The van der Waals surface area contributed by atoms with Crippen molar-refractivity contribution in [1.29, 1.82) is 5.26 Å². The van der Waals surface area contributed by atoms with E-state index in [4.69, 9.17) is 16.9 Å². The minimum absolute atomic E-state index is 0.187. The van der Waals surface area contributed by atoms with Gasteiger partial charge in [0.1, 0.15) is 0 Å². The smallest absolute Gasteiger partial charge is 0.193 e. The van der Waals surface area contributed by atoms with Crippen molar-refractivity contribution in [3.63, 3.8) is 0 Å². The minimum atomic E-state index is -4.47. The van der Waals surface area contributed by atoms with Crippen molar-refractivity contribution >= 4 is 16.6 Å². The molecule has 0 aliphatic heterocycles. The van der Waals surface area contributed by atoms with E-state index >= 15 is 0 Å². The normalized spacial score (nSPS) is 12.3. The number of hydrogen-bond donors (Lipinski definition) is 0. The lowest BCUT2D eigenvalue weighted by molar-refractivity contribution is -0.137. The molecule has 15 heavy (non-hydrogen) atoms. The van der Waals surface area contributed by atoms with E-state index in [9.17, 15) is 13.2 Å². The van der Waals surface area contributed by atoms with Gasteiger partial charge >= 0.3 is 6.18 Å². The molecule has 1 rings (SSSR count). The number of benzene rings is 1. The van der Waals surface area contributed by atoms with Gasteiger partial charge in [0.15, 0.2) is 0 Å². The minimum Gasteiger partial charge on any atom is -0.193 e. The quantitative estimate of drug-likeness (QED) is 0.675. The Hall–Kier alpha value is -1.47. The maximum absolute atomic E-state index is 12.5. The van der Waals surface area contributed by atoms with Crippen LogP contribution in [0.15, 0.2) is 30.3 Å². The molecule has 0 radical (unpaired) electrons. The largest absolute Gasteiger partial charge is 0.417 e. The fourth-order valence-electron chi connectivity index (χ4n) is 1.07. The van der Waals surface area contributed by atoms with Crippen LogP contribution in [0.1, 0.15) is 11.1 Å². The number of nitrogens with zero attached hydrogens (tertiary/aromatic N) is 1. The zero-order valence-corrected chi connectivity index (χ0v) is 8.10. The maximum atomic E-state index is 12.5. The van der Waals surface area contributed by atoms with Gasteiger partial charge in [-0.3, -0.25) is 0 Å². The van der Waals surface area contributed by atoms with Gasteiger partial charge in [0.2, 0.25) is 0 Å². The van der Waals surface area contributed by atoms with Crippen LogP contribution >= 0.6 is 11.6 Å². The van der Waals surface area contributed by atoms with Crippen LogP contribution in [0.25, 0.3) is 5.03 Å². The van der Waals surface area contributed by atoms with E-state index in [1.807, 2.05) is 0 Å². The molecule has 0 heterocycles. The number of alkyl halides is 3. The Labute approximate surface area is 89.4 Å². The van der Waals surface area contributed by atoms with E-state index in [0.29, 0.717) is 0 Å². The van der Waals surface area contributed by atoms with Crippen molar-refractivity contribution in [3.05, 3.63) is 41.5 Å². The molecule has 0 aliphatic rings. The highest BCUT2D eigenvalue weighted by Gasteiger charge is 2.33. The summed E-state index contributed by atoms with van der Waals surface area (Å²) in [5, 5.41) is 8.08. The maximum Gasteiger partial charge on any atom is 0.417 e. The van der Waals surface area contributed by atoms with Crippen molar-refractivity contribution in [1.82, 2.24) is 0 Å². The first-order valence-electron chi connectivity index (χ1n) is 3.88. The van der Waals surface area contributed by atoms with E-state index < -0.39 is 11.7 Å². The van der Waals surface area contributed by atoms with E-state index in [0.717, 1.165) is 12.1 Å². The summed E-state index contributed by atoms with van der Waals surface area (Å²) < 4.78 is 37.4. The Bertz CT molecular complexity index is 429.